The molecule has 1 saturated carbocycles. The number of aliphatic hydroxyl groups is 1. The monoisotopic (exact) mass is 286 g/mol. The first-order chi connectivity index (χ1) is 10.1. The van der Waals surface area contributed by atoms with Gasteiger partial charge in [0.15, 0.2) is 0 Å². The number of hydrogen-bond acceptors (Lipinski definition) is 2. The number of aromatic nitrogens is 1. The van der Waals surface area contributed by atoms with Gasteiger partial charge in [-0.25, -0.2) is 0 Å². The van der Waals surface area contributed by atoms with Crippen LogP contribution in [0.4, 0.5) is 0 Å². The topological polar surface area (TPSA) is 45.5 Å². The Morgan fingerprint density at radius 1 is 1.43 bits per heavy atom. The lowest BCUT2D eigenvalue weighted by Crippen LogP contribution is -2.36. The number of para-hydroxylation sites is 1. The number of aryl methyl sites for hydroxylation is 1. The van der Waals surface area contributed by atoms with Crippen molar-refractivity contribution in [3.63, 3.8) is 0 Å². The minimum atomic E-state index is -0.390. The Bertz CT molecular complexity index is 658. The Balaban J connectivity index is 1.86. The lowest BCUT2D eigenvalue weighted by Gasteiger charge is -2.21. The van der Waals surface area contributed by atoms with Gasteiger partial charge in [0.25, 0.3) is 5.91 Å². The average molecular weight is 286 g/mol. The van der Waals surface area contributed by atoms with Crippen LogP contribution in [0.25, 0.3) is 10.9 Å². The van der Waals surface area contributed by atoms with Gasteiger partial charge in [0, 0.05) is 31.0 Å². The van der Waals surface area contributed by atoms with Gasteiger partial charge in [-0.2, -0.15) is 0 Å². The highest BCUT2D eigenvalue weighted by atomic mass is 16.3. The molecule has 4 nitrogen and oxygen atoms in total. The van der Waals surface area contributed by atoms with Crippen LogP contribution in [0, 0.1) is 5.92 Å². The largest absolute Gasteiger partial charge is 0.391 e. The highest BCUT2D eigenvalue weighted by molar-refractivity contribution is 5.98. The Morgan fingerprint density at radius 3 is 2.81 bits per heavy atom. The summed E-state index contributed by atoms with van der Waals surface area (Å²) in [5, 5.41) is 11.1. The molecule has 3 rings (SSSR count). The first kappa shape index (κ1) is 14.1. The van der Waals surface area contributed by atoms with E-state index in [0.717, 1.165) is 30.3 Å². The number of benzene rings is 1. The number of aliphatic hydroxyl groups excluding tert-OH is 1. The molecule has 1 atom stereocenters. The third-order valence-electron chi connectivity index (χ3n) is 4.32. The molecule has 1 aromatic carbocycles. The zero-order chi connectivity index (χ0) is 15.0. The molecule has 0 spiro atoms. The quantitative estimate of drug-likeness (QED) is 0.918. The van der Waals surface area contributed by atoms with E-state index in [1.807, 2.05) is 41.8 Å². The number of fused-ring (bicyclic) bond motifs is 1. The van der Waals surface area contributed by atoms with Crippen molar-refractivity contribution in [3.8, 4) is 0 Å². The van der Waals surface area contributed by atoms with Crippen LogP contribution < -0.4 is 0 Å². The zero-order valence-electron chi connectivity index (χ0n) is 12.6. The van der Waals surface area contributed by atoms with Crippen LogP contribution in [0.1, 0.15) is 30.3 Å². The van der Waals surface area contributed by atoms with Gasteiger partial charge >= 0.3 is 0 Å². The van der Waals surface area contributed by atoms with Gasteiger partial charge in [-0.05, 0) is 37.8 Å². The number of likely N-dealkylation sites (N-methyl/N-ethyl adjacent to an activating group) is 1. The molecule has 0 aliphatic heterocycles. The first-order valence-electron chi connectivity index (χ1n) is 7.63. The van der Waals surface area contributed by atoms with Crippen molar-refractivity contribution >= 4 is 16.8 Å². The third-order valence-corrected chi connectivity index (χ3v) is 4.32. The molecule has 1 aliphatic rings. The highest BCUT2D eigenvalue weighted by Crippen LogP contribution is 2.33. The molecule has 1 N–H and O–H groups in total. The number of amides is 1. The van der Waals surface area contributed by atoms with E-state index in [1.54, 1.807) is 11.9 Å². The standard InChI is InChI=1S/C17H22N2O2/c1-3-19-14-7-5-4-6-13(14)10-15(19)17(21)18(2)11-16(20)12-8-9-12/h4-7,10,12,16,20H,3,8-9,11H2,1-2H3. The van der Waals surface area contributed by atoms with Crippen molar-refractivity contribution in [3.05, 3.63) is 36.0 Å². The lowest BCUT2D eigenvalue weighted by molar-refractivity contribution is 0.0636. The summed E-state index contributed by atoms with van der Waals surface area (Å²) >= 11 is 0. The second-order valence-electron chi connectivity index (χ2n) is 5.92. The molecule has 112 valence electrons. The van der Waals surface area contributed by atoms with Crippen molar-refractivity contribution in [2.24, 2.45) is 5.92 Å². The van der Waals surface area contributed by atoms with Gasteiger partial charge < -0.3 is 14.6 Å². The summed E-state index contributed by atoms with van der Waals surface area (Å²) in [4.78, 5) is 14.3. The van der Waals surface area contributed by atoms with E-state index in [0.29, 0.717) is 18.2 Å². The summed E-state index contributed by atoms with van der Waals surface area (Å²) in [5.74, 6) is 0.366. The predicted molar refractivity (Wildman–Crippen MR) is 83.3 cm³/mol. The normalized spacial score (nSPS) is 16.1. The van der Waals surface area contributed by atoms with Crippen molar-refractivity contribution < 1.29 is 9.90 Å². The van der Waals surface area contributed by atoms with Crippen LogP contribution in [0.2, 0.25) is 0 Å². The van der Waals surface area contributed by atoms with Crippen molar-refractivity contribution in [1.82, 2.24) is 9.47 Å². The third kappa shape index (κ3) is 2.68. The van der Waals surface area contributed by atoms with Crippen molar-refractivity contribution in [2.45, 2.75) is 32.4 Å². The number of nitrogens with zero attached hydrogens (tertiary/aromatic N) is 2. The molecule has 1 unspecified atom stereocenters. The van der Waals surface area contributed by atoms with Crippen molar-refractivity contribution in [2.75, 3.05) is 13.6 Å². The first-order valence-corrected chi connectivity index (χ1v) is 7.63. The predicted octanol–water partition coefficient (Wildman–Crippen LogP) is 2.50. The van der Waals surface area contributed by atoms with Gasteiger partial charge in [0.05, 0.1) is 6.10 Å². The summed E-state index contributed by atoms with van der Waals surface area (Å²) in [6, 6.07) is 9.98. The van der Waals surface area contributed by atoms with Crippen LogP contribution in [-0.4, -0.2) is 40.2 Å². The van der Waals surface area contributed by atoms with E-state index in [9.17, 15) is 9.90 Å². The van der Waals surface area contributed by atoms with Gasteiger partial charge in [0.2, 0.25) is 0 Å². The van der Waals surface area contributed by atoms with E-state index < -0.39 is 6.10 Å². The van der Waals surface area contributed by atoms with Crippen LogP contribution in [0.3, 0.4) is 0 Å². The Hall–Kier alpha value is -1.81. The van der Waals surface area contributed by atoms with E-state index in [-0.39, 0.29) is 5.91 Å². The Labute approximate surface area is 125 Å². The molecular formula is C17H22N2O2. The molecule has 1 fully saturated rings. The molecular weight excluding hydrogens is 264 g/mol. The maximum atomic E-state index is 12.7. The molecule has 1 heterocycles. The summed E-state index contributed by atoms with van der Waals surface area (Å²) in [6.45, 7) is 3.21. The van der Waals surface area contributed by atoms with Gasteiger partial charge in [-0.15, -0.1) is 0 Å². The summed E-state index contributed by atoms with van der Waals surface area (Å²) in [5.41, 5.74) is 1.78. The fraction of sp³-hybridized carbons (Fsp3) is 0.471. The number of hydrogen-bond donors (Lipinski definition) is 1. The maximum Gasteiger partial charge on any atom is 0.270 e. The SMILES string of the molecule is CCn1c(C(=O)N(C)CC(O)C2CC2)cc2ccccc21. The minimum absolute atomic E-state index is 0.0206. The lowest BCUT2D eigenvalue weighted by atomic mass is 10.2. The van der Waals surface area contributed by atoms with E-state index in [1.165, 1.54) is 0 Å². The van der Waals surface area contributed by atoms with Crippen molar-refractivity contribution in [1.29, 1.82) is 0 Å². The Morgan fingerprint density at radius 2 is 2.14 bits per heavy atom. The molecule has 4 heteroatoms. The molecule has 1 amide bonds. The van der Waals surface area contributed by atoms with E-state index in [4.69, 9.17) is 0 Å². The smallest absolute Gasteiger partial charge is 0.270 e. The highest BCUT2D eigenvalue weighted by Gasteiger charge is 2.31. The van der Waals surface area contributed by atoms with Crippen LogP contribution in [0.15, 0.2) is 30.3 Å². The zero-order valence-corrected chi connectivity index (χ0v) is 12.6. The van der Waals surface area contributed by atoms with Gasteiger partial charge in [0.1, 0.15) is 5.69 Å². The van der Waals surface area contributed by atoms with Gasteiger partial charge in [-0.3, -0.25) is 4.79 Å². The molecule has 0 radical (unpaired) electrons. The van der Waals surface area contributed by atoms with E-state index in [2.05, 4.69) is 0 Å². The molecule has 1 aliphatic carbocycles. The maximum absolute atomic E-state index is 12.7. The summed E-state index contributed by atoms with van der Waals surface area (Å²) in [7, 11) is 1.77. The van der Waals surface area contributed by atoms with E-state index >= 15 is 0 Å². The van der Waals surface area contributed by atoms with Crippen LogP contribution in [0.5, 0.6) is 0 Å². The minimum Gasteiger partial charge on any atom is -0.391 e. The molecule has 2 aromatic rings. The Kier molecular flexibility index (Phi) is 3.72. The number of rotatable bonds is 5. The fourth-order valence-corrected chi connectivity index (χ4v) is 2.92. The second-order valence-corrected chi connectivity index (χ2v) is 5.92. The number of carbonyl (C=O) groups is 1. The average Bonchev–Trinajstić information content (AvgIpc) is 3.27. The number of carbonyl (C=O) groups excluding carboxylic acids is 1. The van der Waals surface area contributed by atoms with Gasteiger partial charge in [-0.1, -0.05) is 18.2 Å². The fourth-order valence-electron chi connectivity index (χ4n) is 2.92. The molecule has 0 saturated heterocycles. The molecule has 21 heavy (non-hydrogen) atoms. The van der Waals surface area contributed by atoms with Crippen LogP contribution >= 0.6 is 0 Å². The summed E-state index contributed by atoms with van der Waals surface area (Å²) < 4.78 is 2.04. The second kappa shape index (κ2) is 5.53. The van der Waals surface area contributed by atoms with Crippen LogP contribution in [-0.2, 0) is 6.54 Å². The molecule has 0 bridgehead atoms. The summed E-state index contributed by atoms with van der Waals surface area (Å²) in [6.07, 6.45) is 1.77. The molecule has 1 aromatic heterocycles.